The van der Waals surface area contributed by atoms with Crippen molar-refractivity contribution in [2.75, 3.05) is 0 Å². The lowest BCUT2D eigenvalue weighted by molar-refractivity contribution is -0.108. The zero-order valence-electron chi connectivity index (χ0n) is 16.9. The first-order chi connectivity index (χ1) is 13.7. The fourth-order valence-electron chi connectivity index (χ4n) is 3.47. The van der Waals surface area contributed by atoms with E-state index in [1.54, 1.807) is 0 Å². The van der Waals surface area contributed by atoms with Crippen molar-refractivity contribution in [3.05, 3.63) is 82.3 Å². The van der Waals surface area contributed by atoms with Gasteiger partial charge in [-0.25, -0.2) is 0 Å². The Balaban J connectivity index is 0.00000109. The average molecular weight is 374 g/mol. The summed E-state index contributed by atoms with van der Waals surface area (Å²) in [7, 11) is 0. The Kier molecular flexibility index (Phi) is 6.19. The molecule has 0 saturated heterocycles. The Labute approximate surface area is 166 Å². The standard InChI is InChI=1S/C22H20N2O2.C2H6/c1-14-8-10-16(11-9-14)21-18-7-5-3-4-6-17(18)20-15(2)24-26-22(20)19(23-21)12-13-25;1-2/h4-11,13,19H,3,12H2,1-2H3;1-2H3/t19-;/m0./s1. The van der Waals surface area contributed by atoms with Crippen LogP contribution in [0.4, 0.5) is 0 Å². The molecule has 1 aliphatic heterocycles. The van der Waals surface area contributed by atoms with Gasteiger partial charge >= 0.3 is 0 Å². The van der Waals surface area contributed by atoms with Crippen LogP contribution in [0.3, 0.4) is 0 Å². The van der Waals surface area contributed by atoms with E-state index in [4.69, 9.17) is 9.52 Å². The summed E-state index contributed by atoms with van der Waals surface area (Å²) in [5.74, 6) is 0.671. The number of fused-ring (bicyclic) bond motifs is 2. The molecule has 2 aromatic rings. The molecular formula is C24H26N2O2. The molecular weight excluding hydrogens is 348 g/mol. The second-order valence-corrected chi connectivity index (χ2v) is 6.64. The molecule has 0 spiro atoms. The smallest absolute Gasteiger partial charge is 0.169 e. The van der Waals surface area contributed by atoms with Crippen molar-refractivity contribution < 1.29 is 9.32 Å². The maximum atomic E-state index is 11.3. The molecule has 4 rings (SSSR count). The fraction of sp³-hybridized carbons (Fsp3) is 0.292. The first-order valence-corrected chi connectivity index (χ1v) is 9.81. The number of allylic oxidation sites excluding steroid dienone is 6. The number of carbonyl (C=O) groups is 1. The Morgan fingerprint density at radius 2 is 1.75 bits per heavy atom. The van der Waals surface area contributed by atoms with Gasteiger partial charge in [0.15, 0.2) is 5.76 Å². The minimum Gasteiger partial charge on any atom is -0.358 e. The van der Waals surface area contributed by atoms with Crippen LogP contribution in [-0.4, -0.2) is 17.2 Å². The van der Waals surface area contributed by atoms with E-state index in [9.17, 15) is 4.79 Å². The van der Waals surface area contributed by atoms with E-state index >= 15 is 0 Å². The van der Waals surface area contributed by atoms with Gasteiger partial charge in [0.2, 0.25) is 0 Å². The number of aliphatic imine (C=N–C) groups is 1. The number of hydrogen-bond acceptors (Lipinski definition) is 4. The lowest BCUT2D eigenvalue weighted by Crippen LogP contribution is -2.07. The van der Waals surface area contributed by atoms with Gasteiger partial charge in [-0.2, -0.15) is 0 Å². The van der Waals surface area contributed by atoms with Crippen LogP contribution >= 0.6 is 0 Å². The maximum Gasteiger partial charge on any atom is 0.169 e. The maximum absolute atomic E-state index is 11.3. The van der Waals surface area contributed by atoms with Gasteiger partial charge in [0.1, 0.15) is 12.3 Å². The van der Waals surface area contributed by atoms with Gasteiger partial charge < -0.3 is 9.32 Å². The van der Waals surface area contributed by atoms with Crippen LogP contribution in [0.2, 0.25) is 0 Å². The van der Waals surface area contributed by atoms with Crippen LogP contribution in [-0.2, 0) is 4.79 Å². The van der Waals surface area contributed by atoms with Crippen molar-refractivity contribution in [2.45, 2.75) is 46.6 Å². The summed E-state index contributed by atoms with van der Waals surface area (Å²) in [6.45, 7) is 8.00. The highest BCUT2D eigenvalue weighted by atomic mass is 16.5. The zero-order chi connectivity index (χ0) is 20.1. The molecule has 0 fully saturated rings. The molecule has 0 amide bonds. The monoisotopic (exact) mass is 374 g/mol. The van der Waals surface area contributed by atoms with Crippen LogP contribution < -0.4 is 0 Å². The third-order valence-corrected chi connectivity index (χ3v) is 4.78. The highest BCUT2D eigenvalue weighted by Gasteiger charge is 2.30. The number of aromatic nitrogens is 1. The lowest BCUT2D eigenvalue weighted by atomic mass is 9.92. The number of hydrogen-bond donors (Lipinski definition) is 0. The predicted octanol–water partition coefficient (Wildman–Crippen LogP) is 5.72. The fourth-order valence-corrected chi connectivity index (χ4v) is 3.47. The summed E-state index contributed by atoms with van der Waals surface area (Å²) in [6, 6.07) is 7.96. The molecule has 0 radical (unpaired) electrons. The molecule has 144 valence electrons. The number of carbonyl (C=O) groups excluding carboxylic acids is 1. The number of aldehydes is 1. The largest absolute Gasteiger partial charge is 0.358 e. The number of nitrogens with zero attached hydrogens (tertiary/aromatic N) is 2. The normalized spacial score (nSPS) is 17.6. The Morgan fingerprint density at radius 1 is 1.07 bits per heavy atom. The summed E-state index contributed by atoms with van der Waals surface area (Å²) < 4.78 is 5.62. The number of aryl methyl sites for hydroxylation is 2. The molecule has 1 aromatic carbocycles. The van der Waals surface area contributed by atoms with Gasteiger partial charge in [-0.05, 0) is 25.8 Å². The van der Waals surface area contributed by atoms with Gasteiger partial charge in [-0.15, -0.1) is 0 Å². The van der Waals surface area contributed by atoms with Gasteiger partial charge in [0.05, 0.1) is 17.0 Å². The predicted molar refractivity (Wildman–Crippen MR) is 114 cm³/mol. The van der Waals surface area contributed by atoms with Crippen molar-refractivity contribution >= 4 is 17.6 Å². The highest BCUT2D eigenvalue weighted by Crippen LogP contribution is 2.39. The van der Waals surface area contributed by atoms with Crippen LogP contribution in [0, 0.1) is 13.8 Å². The van der Waals surface area contributed by atoms with Crippen molar-refractivity contribution in [3.8, 4) is 0 Å². The van der Waals surface area contributed by atoms with Gasteiger partial charge in [-0.3, -0.25) is 4.99 Å². The molecule has 1 aliphatic carbocycles. The minimum absolute atomic E-state index is 0.269. The number of rotatable bonds is 3. The molecule has 4 nitrogen and oxygen atoms in total. The molecule has 0 saturated carbocycles. The van der Waals surface area contributed by atoms with Crippen LogP contribution in [0.5, 0.6) is 0 Å². The van der Waals surface area contributed by atoms with E-state index in [-0.39, 0.29) is 12.5 Å². The molecule has 2 aliphatic rings. The van der Waals surface area contributed by atoms with Crippen molar-refractivity contribution in [3.63, 3.8) is 0 Å². The van der Waals surface area contributed by atoms with Crippen LogP contribution in [0.25, 0.3) is 5.57 Å². The summed E-state index contributed by atoms with van der Waals surface area (Å²) >= 11 is 0. The quantitative estimate of drug-likeness (QED) is 0.646. The second kappa shape index (κ2) is 8.79. The molecule has 2 heterocycles. The van der Waals surface area contributed by atoms with E-state index in [2.05, 4.69) is 60.6 Å². The molecule has 1 aromatic heterocycles. The van der Waals surface area contributed by atoms with E-state index in [1.165, 1.54) is 5.56 Å². The van der Waals surface area contributed by atoms with E-state index in [1.807, 2.05) is 20.8 Å². The zero-order valence-corrected chi connectivity index (χ0v) is 16.9. The second-order valence-electron chi connectivity index (χ2n) is 6.64. The van der Waals surface area contributed by atoms with E-state index in [0.717, 1.165) is 46.4 Å². The molecule has 0 N–H and O–H groups in total. The molecule has 4 heteroatoms. The SMILES string of the molecule is CC.Cc1ccc(C2=N[C@@H](CC=O)c3onc(C)c3C3=C2C=CCC=C3)cc1. The third-order valence-electron chi connectivity index (χ3n) is 4.78. The summed E-state index contributed by atoms with van der Waals surface area (Å²) in [5.41, 5.74) is 7.01. The number of benzene rings is 1. The highest BCUT2D eigenvalue weighted by molar-refractivity contribution is 6.20. The Bertz CT molecular complexity index is 973. The summed E-state index contributed by atoms with van der Waals surface area (Å²) in [5, 5.41) is 4.15. The topological polar surface area (TPSA) is 55.5 Å². The third kappa shape index (κ3) is 3.68. The van der Waals surface area contributed by atoms with Crippen LogP contribution in [0.15, 0.2) is 63.7 Å². The van der Waals surface area contributed by atoms with Crippen LogP contribution in [0.1, 0.15) is 60.9 Å². The molecule has 28 heavy (non-hydrogen) atoms. The minimum atomic E-state index is -0.367. The Hall–Kier alpha value is -3.01. The van der Waals surface area contributed by atoms with Crippen molar-refractivity contribution in [1.29, 1.82) is 0 Å². The van der Waals surface area contributed by atoms with Crippen molar-refractivity contribution in [1.82, 2.24) is 5.16 Å². The molecule has 0 unspecified atom stereocenters. The van der Waals surface area contributed by atoms with Gasteiger partial charge in [0, 0.05) is 17.6 Å². The van der Waals surface area contributed by atoms with Crippen molar-refractivity contribution in [2.24, 2.45) is 4.99 Å². The van der Waals surface area contributed by atoms with Gasteiger partial charge in [-0.1, -0.05) is 73.1 Å². The van der Waals surface area contributed by atoms with Gasteiger partial charge in [0.25, 0.3) is 0 Å². The van der Waals surface area contributed by atoms with E-state index < -0.39 is 0 Å². The first-order valence-electron chi connectivity index (χ1n) is 9.81. The average Bonchev–Trinajstić information content (AvgIpc) is 2.88. The molecule has 1 atom stereocenters. The lowest BCUT2D eigenvalue weighted by Gasteiger charge is -2.11. The Morgan fingerprint density at radius 3 is 2.43 bits per heavy atom. The van der Waals surface area contributed by atoms with E-state index in [0.29, 0.717) is 5.76 Å². The summed E-state index contributed by atoms with van der Waals surface area (Å²) in [4.78, 5) is 16.2. The molecule has 0 bridgehead atoms. The first kappa shape index (κ1) is 19.7. The summed E-state index contributed by atoms with van der Waals surface area (Å²) in [6.07, 6.45) is 10.5.